The van der Waals surface area contributed by atoms with Gasteiger partial charge in [-0.2, -0.15) is 0 Å². The van der Waals surface area contributed by atoms with Gasteiger partial charge >= 0.3 is 0 Å². The van der Waals surface area contributed by atoms with Gasteiger partial charge in [0.1, 0.15) is 5.75 Å². The fraction of sp³-hybridized carbons (Fsp3) is 0.0714. The van der Waals surface area contributed by atoms with E-state index in [4.69, 9.17) is 22.1 Å². The molecule has 2 aromatic carbocycles. The molecule has 104 valence electrons. The minimum absolute atomic E-state index is 0.301. The van der Waals surface area contributed by atoms with Crippen LogP contribution >= 0.6 is 27.5 Å². The summed E-state index contributed by atoms with van der Waals surface area (Å²) in [6.45, 7) is 0. The summed E-state index contributed by atoms with van der Waals surface area (Å²) in [4.78, 5) is 12.2. The normalized spacial score (nSPS) is 10.2. The number of amides is 1. The minimum atomic E-state index is -0.301. The number of benzene rings is 2. The highest BCUT2D eigenvalue weighted by Crippen LogP contribution is 2.28. The van der Waals surface area contributed by atoms with Crippen LogP contribution in [0.25, 0.3) is 0 Å². The van der Waals surface area contributed by atoms with Crippen molar-refractivity contribution in [3.05, 3.63) is 51.5 Å². The van der Waals surface area contributed by atoms with Crippen LogP contribution in [0, 0.1) is 0 Å². The SMILES string of the molecule is COc1ccc(NC(=O)c2cc(Br)ccc2N)cc1Cl. The number of hydrogen-bond acceptors (Lipinski definition) is 3. The third-order valence-corrected chi connectivity index (χ3v) is 3.46. The molecule has 0 radical (unpaired) electrons. The van der Waals surface area contributed by atoms with Gasteiger partial charge in [-0.3, -0.25) is 4.79 Å². The molecule has 20 heavy (non-hydrogen) atoms. The fourth-order valence-electron chi connectivity index (χ4n) is 1.67. The van der Waals surface area contributed by atoms with E-state index in [0.29, 0.717) is 27.7 Å². The number of nitrogens with two attached hydrogens (primary N) is 1. The number of rotatable bonds is 3. The van der Waals surface area contributed by atoms with Gasteiger partial charge in [-0.1, -0.05) is 27.5 Å². The molecule has 2 aromatic rings. The van der Waals surface area contributed by atoms with Crippen LogP contribution in [0.2, 0.25) is 5.02 Å². The smallest absolute Gasteiger partial charge is 0.257 e. The van der Waals surface area contributed by atoms with Crippen LogP contribution in [-0.4, -0.2) is 13.0 Å². The molecule has 0 aliphatic rings. The monoisotopic (exact) mass is 354 g/mol. The molecule has 0 bridgehead atoms. The lowest BCUT2D eigenvalue weighted by molar-refractivity contribution is 0.102. The van der Waals surface area contributed by atoms with E-state index in [1.165, 1.54) is 7.11 Å². The van der Waals surface area contributed by atoms with E-state index in [1.54, 1.807) is 36.4 Å². The summed E-state index contributed by atoms with van der Waals surface area (Å²) >= 11 is 9.31. The van der Waals surface area contributed by atoms with E-state index in [9.17, 15) is 4.79 Å². The number of carbonyl (C=O) groups is 1. The van der Waals surface area contributed by atoms with Crippen molar-refractivity contribution in [2.45, 2.75) is 0 Å². The quantitative estimate of drug-likeness (QED) is 0.820. The molecule has 6 heteroatoms. The number of nitrogen functional groups attached to an aromatic ring is 1. The van der Waals surface area contributed by atoms with Gasteiger partial charge in [-0.05, 0) is 36.4 Å². The molecule has 0 atom stereocenters. The molecule has 3 N–H and O–H groups in total. The summed E-state index contributed by atoms with van der Waals surface area (Å²) in [6.07, 6.45) is 0. The number of hydrogen-bond donors (Lipinski definition) is 2. The van der Waals surface area contributed by atoms with Gasteiger partial charge in [-0.15, -0.1) is 0 Å². The molecular weight excluding hydrogens is 344 g/mol. The van der Waals surface area contributed by atoms with Crippen molar-refractivity contribution in [3.63, 3.8) is 0 Å². The van der Waals surface area contributed by atoms with Gasteiger partial charge in [0.15, 0.2) is 0 Å². The molecular formula is C14H12BrClN2O2. The van der Waals surface area contributed by atoms with Crippen LogP contribution in [-0.2, 0) is 0 Å². The highest BCUT2D eigenvalue weighted by Gasteiger charge is 2.11. The van der Waals surface area contributed by atoms with Crippen molar-refractivity contribution >= 4 is 44.8 Å². The summed E-state index contributed by atoms with van der Waals surface area (Å²) < 4.78 is 5.84. The molecule has 1 amide bonds. The van der Waals surface area contributed by atoms with Gasteiger partial charge in [0.2, 0.25) is 0 Å². The molecule has 4 nitrogen and oxygen atoms in total. The second kappa shape index (κ2) is 6.15. The van der Waals surface area contributed by atoms with Crippen LogP contribution in [0.5, 0.6) is 5.75 Å². The Balaban J connectivity index is 2.23. The van der Waals surface area contributed by atoms with E-state index >= 15 is 0 Å². The molecule has 0 aliphatic carbocycles. The number of nitrogens with one attached hydrogen (secondary N) is 1. The van der Waals surface area contributed by atoms with E-state index in [0.717, 1.165) is 4.47 Å². The first kappa shape index (κ1) is 14.7. The van der Waals surface area contributed by atoms with Crippen molar-refractivity contribution in [1.82, 2.24) is 0 Å². The van der Waals surface area contributed by atoms with E-state index in [-0.39, 0.29) is 5.91 Å². The van der Waals surface area contributed by atoms with Crippen LogP contribution in [0.15, 0.2) is 40.9 Å². The maximum Gasteiger partial charge on any atom is 0.257 e. The lowest BCUT2D eigenvalue weighted by atomic mass is 10.1. The largest absolute Gasteiger partial charge is 0.495 e. The van der Waals surface area contributed by atoms with Crippen LogP contribution in [0.4, 0.5) is 11.4 Å². The van der Waals surface area contributed by atoms with Crippen LogP contribution in [0.3, 0.4) is 0 Å². The topological polar surface area (TPSA) is 64.3 Å². The number of anilines is 2. The number of ether oxygens (including phenoxy) is 1. The first-order valence-corrected chi connectivity index (χ1v) is 6.88. The average Bonchev–Trinajstić information content (AvgIpc) is 2.41. The third kappa shape index (κ3) is 3.23. The molecule has 0 spiro atoms. The lowest BCUT2D eigenvalue weighted by Crippen LogP contribution is -2.14. The van der Waals surface area contributed by atoms with Gasteiger partial charge in [0, 0.05) is 15.8 Å². The zero-order valence-electron chi connectivity index (χ0n) is 10.6. The summed E-state index contributed by atoms with van der Waals surface area (Å²) in [5.41, 5.74) is 7.16. The number of methoxy groups -OCH3 is 1. The van der Waals surface area contributed by atoms with Gasteiger partial charge in [0.05, 0.1) is 17.7 Å². The highest BCUT2D eigenvalue weighted by molar-refractivity contribution is 9.10. The van der Waals surface area contributed by atoms with Crippen molar-refractivity contribution in [2.75, 3.05) is 18.2 Å². The van der Waals surface area contributed by atoms with Crippen molar-refractivity contribution in [1.29, 1.82) is 0 Å². The van der Waals surface area contributed by atoms with Crippen molar-refractivity contribution in [3.8, 4) is 5.75 Å². The van der Waals surface area contributed by atoms with Crippen LogP contribution in [0.1, 0.15) is 10.4 Å². The second-order valence-electron chi connectivity index (χ2n) is 4.04. The molecule has 0 heterocycles. The molecule has 2 rings (SSSR count). The minimum Gasteiger partial charge on any atom is -0.495 e. The summed E-state index contributed by atoms with van der Waals surface area (Å²) in [5.74, 6) is 0.247. The zero-order chi connectivity index (χ0) is 14.7. The van der Waals surface area contributed by atoms with E-state index in [2.05, 4.69) is 21.2 Å². The van der Waals surface area contributed by atoms with Gasteiger partial charge < -0.3 is 15.8 Å². The van der Waals surface area contributed by atoms with E-state index in [1.807, 2.05) is 0 Å². The van der Waals surface area contributed by atoms with E-state index < -0.39 is 0 Å². The third-order valence-electron chi connectivity index (χ3n) is 2.67. The fourth-order valence-corrected chi connectivity index (χ4v) is 2.29. The first-order chi connectivity index (χ1) is 9.51. The Hall–Kier alpha value is -1.72. The Bertz CT molecular complexity index is 662. The molecule has 0 aromatic heterocycles. The summed E-state index contributed by atoms with van der Waals surface area (Å²) in [5, 5.41) is 3.16. The zero-order valence-corrected chi connectivity index (χ0v) is 13.0. The molecule has 0 fully saturated rings. The van der Waals surface area contributed by atoms with Gasteiger partial charge in [0.25, 0.3) is 5.91 Å². The predicted molar refractivity (Wildman–Crippen MR) is 84.5 cm³/mol. The predicted octanol–water partition coefficient (Wildman–Crippen LogP) is 3.95. The van der Waals surface area contributed by atoms with Crippen molar-refractivity contribution in [2.24, 2.45) is 0 Å². The maximum atomic E-state index is 12.2. The Morgan fingerprint density at radius 2 is 2.05 bits per heavy atom. The molecule has 0 saturated heterocycles. The first-order valence-electron chi connectivity index (χ1n) is 5.71. The van der Waals surface area contributed by atoms with Crippen LogP contribution < -0.4 is 15.8 Å². The Morgan fingerprint density at radius 3 is 2.70 bits per heavy atom. The highest BCUT2D eigenvalue weighted by atomic mass is 79.9. The summed E-state index contributed by atoms with van der Waals surface area (Å²) in [7, 11) is 1.53. The molecule has 0 unspecified atom stereocenters. The molecule has 0 saturated carbocycles. The standard InChI is InChI=1S/C14H12BrClN2O2/c1-20-13-5-3-9(7-11(13)16)18-14(19)10-6-8(15)2-4-12(10)17/h2-7H,17H2,1H3,(H,18,19). The second-order valence-corrected chi connectivity index (χ2v) is 5.36. The van der Waals surface area contributed by atoms with Gasteiger partial charge in [-0.25, -0.2) is 0 Å². The molecule has 0 aliphatic heterocycles. The Labute approximate surface area is 130 Å². The number of halogens is 2. The maximum absolute atomic E-state index is 12.2. The Kier molecular flexibility index (Phi) is 4.52. The summed E-state index contributed by atoms with van der Waals surface area (Å²) in [6, 6.07) is 10.1. The lowest BCUT2D eigenvalue weighted by Gasteiger charge is -2.09. The van der Waals surface area contributed by atoms with Crippen molar-refractivity contribution < 1.29 is 9.53 Å². The Morgan fingerprint density at radius 1 is 1.30 bits per heavy atom. The average molecular weight is 356 g/mol. The number of carbonyl (C=O) groups excluding carboxylic acids is 1.